The molecule has 1 unspecified atom stereocenters. The van der Waals surface area contributed by atoms with Gasteiger partial charge in [-0.2, -0.15) is 0 Å². The summed E-state index contributed by atoms with van der Waals surface area (Å²) in [5, 5.41) is 8.78. The van der Waals surface area contributed by atoms with Crippen molar-refractivity contribution in [3.63, 3.8) is 0 Å². The van der Waals surface area contributed by atoms with Crippen LogP contribution >= 0.6 is 0 Å². The van der Waals surface area contributed by atoms with Crippen LogP contribution in [0.3, 0.4) is 0 Å². The fourth-order valence-electron chi connectivity index (χ4n) is 0.890. The molecule has 0 spiro atoms. The molecule has 6 heteroatoms. The summed E-state index contributed by atoms with van der Waals surface area (Å²) in [5.41, 5.74) is -1.71. The van der Waals surface area contributed by atoms with Crippen LogP contribution < -0.4 is 29.6 Å². The van der Waals surface area contributed by atoms with Gasteiger partial charge in [-0.15, -0.1) is 0 Å². The molecule has 0 aromatic carbocycles. The maximum atomic E-state index is 10.2. The second-order valence-corrected chi connectivity index (χ2v) is 4.33. The topological polar surface area (TPSA) is 77.4 Å². The molecule has 1 N–H and O–H groups in total. The fourth-order valence-corrected chi connectivity index (χ4v) is 1.35. The average molecular weight is 218 g/mol. The zero-order valence-corrected chi connectivity index (χ0v) is 11.0. The number of aliphatic hydroxyl groups is 1. The van der Waals surface area contributed by atoms with Gasteiger partial charge in [0.1, 0.15) is 15.6 Å². The maximum absolute atomic E-state index is 10.2. The molecular weight excluding hydrogens is 203 g/mol. The quantitative estimate of drug-likeness (QED) is 0.312. The molecule has 0 aliphatic heterocycles. The first-order chi connectivity index (χ1) is 5.48. The van der Waals surface area contributed by atoms with Crippen molar-refractivity contribution in [2.75, 3.05) is 0 Å². The molecule has 0 aliphatic carbocycles. The van der Waals surface area contributed by atoms with Gasteiger partial charge in [0.2, 0.25) is 0 Å². The summed E-state index contributed by atoms with van der Waals surface area (Å²) in [6.07, 6.45) is 3.57. The van der Waals surface area contributed by atoms with Crippen LogP contribution in [0.1, 0.15) is 39.0 Å². The molecule has 0 saturated carbocycles. The molecule has 0 aliphatic rings. The molecule has 1 atom stereocenters. The van der Waals surface area contributed by atoms with E-state index in [0.717, 1.165) is 19.3 Å². The first-order valence-electron chi connectivity index (χ1n) is 4.11. The smallest absolute Gasteiger partial charge is 0.746 e. The molecule has 0 amide bonds. The zero-order valence-electron chi connectivity index (χ0n) is 8.19. The Balaban J connectivity index is 0. The van der Waals surface area contributed by atoms with E-state index in [2.05, 4.69) is 0 Å². The van der Waals surface area contributed by atoms with Crippen molar-refractivity contribution in [3.05, 3.63) is 0 Å². The molecule has 0 heterocycles. The Morgan fingerprint density at radius 1 is 1.31 bits per heavy atom. The Kier molecular flexibility index (Phi) is 10.3. The van der Waals surface area contributed by atoms with Gasteiger partial charge in [-0.25, -0.2) is 8.42 Å². The van der Waals surface area contributed by atoms with Crippen LogP contribution in [0, 0.1) is 0 Å². The van der Waals surface area contributed by atoms with Gasteiger partial charge in [0, 0.05) is 0 Å². The van der Waals surface area contributed by atoms with E-state index in [1.165, 1.54) is 0 Å². The monoisotopic (exact) mass is 218 g/mol. The molecule has 13 heavy (non-hydrogen) atoms. The summed E-state index contributed by atoms with van der Waals surface area (Å²) < 4.78 is 30.6. The zero-order chi connectivity index (χ0) is 9.61. The second kappa shape index (κ2) is 8.20. The molecule has 0 aromatic heterocycles. The second-order valence-electron chi connectivity index (χ2n) is 2.80. The summed E-state index contributed by atoms with van der Waals surface area (Å²) in [7, 11) is -4.48. The van der Waals surface area contributed by atoms with Crippen LogP contribution in [0.2, 0.25) is 0 Å². The van der Waals surface area contributed by atoms with E-state index in [0.29, 0.717) is 6.42 Å². The van der Waals surface area contributed by atoms with E-state index < -0.39 is 15.6 Å². The summed E-state index contributed by atoms with van der Waals surface area (Å²) in [4.78, 5) is 0. The first kappa shape index (κ1) is 16.3. The summed E-state index contributed by atoms with van der Waals surface area (Å²) in [6.45, 7) is 2.03. The van der Waals surface area contributed by atoms with E-state index in [1.54, 1.807) is 0 Å². The van der Waals surface area contributed by atoms with E-state index in [9.17, 15) is 13.0 Å². The molecule has 0 saturated heterocycles. The standard InChI is InChI=1S/C7H16O4S.Na/c1-2-3-4-5-6-7(8)12(9,10)11;/h7-8H,2-6H2,1H3,(H,9,10,11);/q;+1/p-1. The van der Waals surface area contributed by atoms with Crippen molar-refractivity contribution >= 4 is 10.1 Å². The summed E-state index contributed by atoms with van der Waals surface area (Å²) in [6, 6.07) is 0. The molecule has 0 fully saturated rings. The Labute approximate surface area is 102 Å². The molecular formula is C7H15NaO4S. The van der Waals surface area contributed by atoms with Crippen LogP contribution in [0.4, 0.5) is 0 Å². The third-order valence-corrected chi connectivity index (χ3v) is 2.54. The number of aliphatic hydroxyl groups excluding tert-OH is 1. The maximum Gasteiger partial charge on any atom is 1.00 e. The van der Waals surface area contributed by atoms with Gasteiger partial charge >= 0.3 is 29.6 Å². The van der Waals surface area contributed by atoms with E-state index in [-0.39, 0.29) is 36.0 Å². The number of unbranched alkanes of at least 4 members (excludes halogenated alkanes) is 3. The predicted octanol–water partition coefficient (Wildman–Crippen LogP) is -2.18. The van der Waals surface area contributed by atoms with Gasteiger partial charge < -0.3 is 9.66 Å². The van der Waals surface area contributed by atoms with Crippen molar-refractivity contribution in [3.8, 4) is 0 Å². The van der Waals surface area contributed by atoms with Crippen molar-refractivity contribution in [1.29, 1.82) is 0 Å². The minimum absolute atomic E-state index is 0. The third-order valence-electron chi connectivity index (χ3n) is 1.64. The van der Waals surface area contributed by atoms with E-state index >= 15 is 0 Å². The van der Waals surface area contributed by atoms with Gasteiger partial charge in [-0.1, -0.05) is 26.2 Å². The molecule has 0 aromatic rings. The van der Waals surface area contributed by atoms with Crippen LogP contribution in [-0.4, -0.2) is 23.5 Å². The van der Waals surface area contributed by atoms with Crippen molar-refractivity contribution < 1.29 is 47.6 Å². The van der Waals surface area contributed by atoms with Gasteiger partial charge in [-0.05, 0) is 12.8 Å². The molecule has 0 bridgehead atoms. The van der Waals surface area contributed by atoms with Gasteiger partial charge in [0.05, 0.1) is 0 Å². The average Bonchev–Trinajstić information content (AvgIpc) is 1.96. The number of rotatable bonds is 6. The van der Waals surface area contributed by atoms with Gasteiger partial charge in [-0.3, -0.25) is 0 Å². The van der Waals surface area contributed by atoms with Gasteiger partial charge in [0.25, 0.3) is 0 Å². The largest absolute Gasteiger partial charge is 1.00 e. The molecule has 0 radical (unpaired) electrons. The minimum Gasteiger partial charge on any atom is -0.746 e. The normalized spacial score (nSPS) is 13.5. The Bertz CT molecular complexity index is 203. The number of hydrogen-bond donors (Lipinski definition) is 1. The SMILES string of the molecule is CCCCCCC(O)S(=O)(=O)[O-].[Na+]. The Hall–Kier alpha value is 0.870. The van der Waals surface area contributed by atoms with Crippen LogP contribution in [0.5, 0.6) is 0 Å². The molecule has 74 valence electrons. The predicted molar refractivity (Wildman–Crippen MR) is 44.5 cm³/mol. The molecule has 0 rings (SSSR count). The van der Waals surface area contributed by atoms with Crippen LogP contribution in [0.15, 0.2) is 0 Å². The number of hydrogen-bond acceptors (Lipinski definition) is 4. The van der Waals surface area contributed by atoms with Crippen molar-refractivity contribution in [1.82, 2.24) is 0 Å². The molecule has 4 nitrogen and oxygen atoms in total. The minimum atomic E-state index is -4.48. The first-order valence-corrected chi connectivity index (χ1v) is 5.58. The van der Waals surface area contributed by atoms with Crippen molar-refractivity contribution in [2.45, 2.75) is 44.5 Å². The van der Waals surface area contributed by atoms with E-state index in [1.807, 2.05) is 6.92 Å². The summed E-state index contributed by atoms with van der Waals surface area (Å²) in [5.74, 6) is 0. The van der Waals surface area contributed by atoms with Gasteiger partial charge in [0.15, 0.2) is 0 Å². The van der Waals surface area contributed by atoms with Crippen LogP contribution in [0.25, 0.3) is 0 Å². The third kappa shape index (κ3) is 9.18. The van der Waals surface area contributed by atoms with Crippen molar-refractivity contribution in [2.24, 2.45) is 0 Å². The Morgan fingerprint density at radius 3 is 2.23 bits per heavy atom. The summed E-state index contributed by atoms with van der Waals surface area (Å²) >= 11 is 0. The fraction of sp³-hybridized carbons (Fsp3) is 1.00. The van der Waals surface area contributed by atoms with E-state index in [4.69, 9.17) is 5.11 Å². The Morgan fingerprint density at radius 2 is 1.85 bits per heavy atom. The van der Waals surface area contributed by atoms with Crippen LogP contribution in [-0.2, 0) is 10.1 Å².